The van der Waals surface area contributed by atoms with Gasteiger partial charge in [-0.1, -0.05) is 24.2 Å². The molecule has 8 nitrogen and oxygen atoms in total. The van der Waals surface area contributed by atoms with Gasteiger partial charge >= 0.3 is 0 Å². The number of nitrogens with one attached hydrogen (secondary N) is 1. The van der Waals surface area contributed by atoms with E-state index in [0.29, 0.717) is 37.6 Å². The van der Waals surface area contributed by atoms with Crippen molar-refractivity contribution in [2.75, 3.05) is 20.3 Å². The van der Waals surface area contributed by atoms with E-state index in [1.54, 1.807) is 7.11 Å². The minimum Gasteiger partial charge on any atom is -0.497 e. The first-order valence-corrected chi connectivity index (χ1v) is 9.07. The van der Waals surface area contributed by atoms with Crippen LogP contribution in [0.5, 0.6) is 5.75 Å². The molecule has 0 fully saturated rings. The molecule has 2 aromatic rings. The molecule has 8 heteroatoms. The molecule has 27 heavy (non-hydrogen) atoms. The minimum atomic E-state index is -0.754. The fourth-order valence-electron chi connectivity index (χ4n) is 2.35. The number of aliphatic hydroxyl groups is 1. The molecule has 0 aliphatic rings. The maximum Gasteiger partial charge on any atom is 0.226 e. The van der Waals surface area contributed by atoms with E-state index in [2.05, 4.69) is 15.5 Å². The van der Waals surface area contributed by atoms with Crippen LogP contribution < -0.4 is 10.1 Å². The topological polar surface area (TPSA) is 107 Å². The molecule has 148 valence electrons. The molecule has 2 rings (SSSR count). The number of aliphatic hydroxyl groups excluding tert-OH is 1. The van der Waals surface area contributed by atoms with Gasteiger partial charge in [0.1, 0.15) is 5.75 Å². The van der Waals surface area contributed by atoms with Crippen LogP contribution in [0, 0.1) is 0 Å². The number of aryl methyl sites for hydroxylation is 2. The largest absolute Gasteiger partial charge is 0.497 e. The standard InChI is InChI=1S/C19H27N3O5/c1-3-17-21-19(27-22-17)6-4-5-18(24)20-11-15(23)13-26-12-14-7-9-16(25-2)10-8-14/h7-10,15,23H,3-6,11-13H2,1-2H3,(H,20,24). The Morgan fingerprint density at radius 3 is 2.78 bits per heavy atom. The van der Waals surface area contributed by atoms with Crippen LogP contribution in [0.3, 0.4) is 0 Å². The fraction of sp³-hybridized carbons (Fsp3) is 0.526. The third kappa shape index (κ3) is 7.76. The lowest BCUT2D eigenvalue weighted by Crippen LogP contribution is -2.34. The summed E-state index contributed by atoms with van der Waals surface area (Å²) in [6.07, 6.45) is 1.48. The Bertz CT molecular complexity index is 687. The van der Waals surface area contributed by atoms with Gasteiger partial charge in [0.05, 0.1) is 26.4 Å². The molecule has 0 bridgehead atoms. The van der Waals surface area contributed by atoms with E-state index in [4.69, 9.17) is 14.0 Å². The number of rotatable bonds is 12. The highest BCUT2D eigenvalue weighted by molar-refractivity contribution is 5.75. The normalized spacial score (nSPS) is 12.0. The number of hydrogen-bond acceptors (Lipinski definition) is 7. The van der Waals surface area contributed by atoms with E-state index in [0.717, 1.165) is 17.7 Å². The van der Waals surface area contributed by atoms with Crippen LogP contribution in [0.4, 0.5) is 0 Å². The molecule has 2 N–H and O–H groups in total. The van der Waals surface area contributed by atoms with Crippen LogP contribution in [0.25, 0.3) is 0 Å². The van der Waals surface area contributed by atoms with Gasteiger partial charge < -0.3 is 24.4 Å². The summed E-state index contributed by atoms with van der Waals surface area (Å²) in [5.74, 6) is 1.88. The van der Waals surface area contributed by atoms with Gasteiger partial charge in [-0.2, -0.15) is 4.98 Å². The summed E-state index contributed by atoms with van der Waals surface area (Å²) in [4.78, 5) is 16.0. The molecule has 0 saturated carbocycles. The summed E-state index contributed by atoms with van der Waals surface area (Å²) in [6, 6.07) is 7.51. The zero-order chi connectivity index (χ0) is 19.5. The SMILES string of the molecule is CCc1noc(CCCC(=O)NCC(O)COCc2ccc(OC)cc2)n1. The highest BCUT2D eigenvalue weighted by Crippen LogP contribution is 2.12. The Balaban J connectivity index is 1.54. The Hall–Kier alpha value is -2.45. The van der Waals surface area contributed by atoms with Crippen LogP contribution >= 0.6 is 0 Å². The Morgan fingerprint density at radius 2 is 2.11 bits per heavy atom. The predicted molar refractivity (Wildman–Crippen MR) is 98.3 cm³/mol. The number of amides is 1. The Kier molecular flexibility index (Phi) is 8.73. The molecule has 1 amide bonds. The maximum absolute atomic E-state index is 11.8. The second-order valence-electron chi connectivity index (χ2n) is 6.13. The molecule has 1 heterocycles. The molecule has 1 aromatic heterocycles. The highest BCUT2D eigenvalue weighted by atomic mass is 16.5. The number of nitrogens with zero attached hydrogens (tertiary/aromatic N) is 2. The zero-order valence-electron chi connectivity index (χ0n) is 15.8. The third-order valence-electron chi connectivity index (χ3n) is 3.89. The monoisotopic (exact) mass is 377 g/mol. The van der Waals surface area contributed by atoms with Crippen molar-refractivity contribution >= 4 is 5.91 Å². The van der Waals surface area contributed by atoms with Gasteiger partial charge in [-0.15, -0.1) is 0 Å². The summed E-state index contributed by atoms with van der Waals surface area (Å²) in [7, 11) is 1.61. The van der Waals surface area contributed by atoms with E-state index in [-0.39, 0.29) is 19.1 Å². The minimum absolute atomic E-state index is 0.126. The molecule has 1 atom stereocenters. The lowest BCUT2D eigenvalue weighted by molar-refractivity contribution is -0.121. The van der Waals surface area contributed by atoms with Crippen LogP contribution in [0.15, 0.2) is 28.8 Å². The zero-order valence-corrected chi connectivity index (χ0v) is 15.8. The number of aromatic nitrogens is 2. The first kappa shape index (κ1) is 20.9. The number of carbonyl (C=O) groups is 1. The second kappa shape index (κ2) is 11.3. The molecule has 0 radical (unpaired) electrons. The molecular weight excluding hydrogens is 350 g/mol. The Morgan fingerprint density at radius 1 is 1.33 bits per heavy atom. The van der Waals surface area contributed by atoms with E-state index >= 15 is 0 Å². The van der Waals surface area contributed by atoms with Gasteiger partial charge in [-0.25, -0.2) is 0 Å². The van der Waals surface area contributed by atoms with Crippen molar-refractivity contribution in [1.29, 1.82) is 0 Å². The van der Waals surface area contributed by atoms with E-state index in [1.165, 1.54) is 0 Å². The van der Waals surface area contributed by atoms with Gasteiger partial charge in [-0.05, 0) is 24.1 Å². The van der Waals surface area contributed by atoms with Crippen molar-refractivity contribution in [3.05, 3.63) is 41.5 Å². The second-order valence-corrected chi connectivity index (χ2v) is 6.13. The van der Waals surface area contributed by atoms with Gasteiger partial charge in [0.2, 0.25) is 11.8 Å². The summed E-state index contributed by atoms with van der Waals surface area (Å²) in [5.41, 5.74) is 0.985. The van der Waals surface area contributed by atoms with Crippen LogP contribution in [0.1, 0.15) is 37.0 Å². The highest BCUT2D eigenvalue weighted by Gasteiger charge is 2.09. The van der Waals surface area contributed by atoms with Crippen molar-refractivity contribution in [3.8, 4) is 5.75 Å². The summed E-state index contributed by atoms with van der Waals surface area (Å²) >= 11 is 0. The average molecular weight is 377 g/mol. The number of hydrogen-bond donors (Lipinski definition) is 2. The van der Waals surface area contributed by atoms with Gasteiger partial charge in [0.15, 0.2) is 5.82 Å². The van der Waals surface area contributed by atoms with Crippen molar-refractivity contribution in [3.63, 3.8) is 0 Å². The number of ether oxygens (including phenoxy) is 2. The van der Waals surface area contributed by atoms with E-state index in [9.17, 15) is 9.90 Å². The lowest BCUT2D eigenvalue weighted by atomic mass is 10.2. The average Bonchev–Trinajstić information content (AvgIpc) is 3.15. The molecule has 1 unspecified atom stereocenters. The van der Waals surface area contributed by atoms with Gasteiger partial charge in [0.25, 0.3) is 0 Å². The fourth-order valence-corrected chi connectivity index (χ4v) is 2.35. The van der Waals surface area contributed by atoms with Crippen molar-refractivity contribution in [2.24, 2.45) is 0 Å². The number of benzene rings is 1. The lowest BCUT2D eigenvalue weighted by Gasteiger charge is -2.12. The molecule has 0 aliphatic heterocycles. The molecule has 0 aliphatic carbocycles. The van der Waals surface area contributed by atoms with Crippen molar-refractivity contribution in [2.45, 2.75) is 45.3 Å². The summed E-state index contributed by atoms with van der Waals surface area (Å²) in [6.45, 7) is 2.64. The van der Waals surface area contributed by atoms with Crippen LogP contribution in [0.2, 0.25) is 0 Å². The quantitative estimate of drug-likeness (QED) is 0.579. The first-order valence-electron chi connectivity index (χ1n) is 9.07. The van der Waals surface area contributed by atoms with Gasteiger partial charge in [-0.3, -0.25) is 4.79 Å². The van der Waals surface area contributed by atoms with Crippen LogP contribution in [-0.2, 0) is 29.0 Å². The molecular formula is C19H27N3O5. The van der Waals surface area contributed by atoms with Crippen LogP contribution in [-0.4, -0.2) is 47.5 Å². The third-order valence-corrected chi connectivity index (χ3v) is 3.89. The summed E-state index contributed by atoms with van der Waals surface area (Å²) in [5, 5.41) is 16.4. The van der Waals surface area contributed by atoms with Crippen molar-refractivity contribution < 1.29 is 23.9 Å². The smallest absolute Gasteiger partial charge is 0.226 e. The van der Waals surface area contributed by atoms with Crippen molar-refractivity contribution in [1.82, 2.24) is 15.5 Å². The number of carbonyl (C=O) groups excluding carboxylic acids is 1. The predicted octanol–water partition coefficient (Wildman–Crippen LogP) is 1.66. The Labute approximate surface area is 158 Å². The molecule has 1 aromatic carbocycles. The van der Waals surface area contributed by atoms with E-state index < -0.39 is 6.10 Å². The first-order chi connectivity index (χ1) is 13.1. The molecule has 0 saturated heterocycles. The maximum atomic E-state index is 11.8. The number of methoxy groups -OCH3 is 1. The van der Waals surface area contributed by atoms with Gasteiger partial charge in [0, 0.05) is 25.8 Å². The summed E-state index contributed by atoms with van der Waals surface area (Å²) < 4.78 is 15.6. The molecule has 0 spiro atoms. The van der Waals surface area contributed by atoms with E-state index in [1.807, 2.05) is 31.2 Å².